The molecule has 0 aliphatic heterocycles. The number of carbonyl (C=O) groups excluding carboxylic acids is 1. The maximum Gasteiger partial charge on any atom is 0.173 e. The number of phenolic OH excluding ortho intramolecular Hbond substituents is 1. The van der Waals surface area contributed by atoms with Crippen molar-refractivity contribution in [3.8, 4) is 16.9 Å². The second kappa shape index (κ2) is 4.72. The van der Waals surface area contributed by atoms with Gasteiger partial charge < -0.3 is 5.11 Å². The van der Waals surface area contributed by atoms with E-state index < -0.39 is 34.4 Å². The molecule has 0 unspecified atom stereocenters. The first-order valence-corrected chi connectivity index (χ1v) is 5.08. The van der Waals surface area contributed by atoms with Crippen LogP contribution < -0.4 is 0 Å². The summed E-state index contributed by atoms with van der Waals surface area (Å²) >= 11 is 0. The molecular weight excluding hydrogens is 264 g/mol. The van der Waals surface area contributed by atoms with Gasteiger partial charge in [-0.25, -0.2) is 17.6 Å². The molecule has 0 radical (unpaired) electrons. The van der Waals surface area contributed by atoms with Crippen LogP contribution in [0, 0.1) is 23.3 Å². The molecule has 98 valence electrons. The number of phenols is 1. The number of benzene rings is 2. The number of rotatable bonds is 2. The summed E-state index contributed by atoms with van der Waals surface area (Å²) < 4.78 is 54.2. The highest BCUT2D eigenvalue weighted by molar-refractivity contribution is 5.79. The van der Waals surface area contributed by atoms with Crippen LogP contribution in [0.25, 0.3) is 11.1 Å². The smallest absolute Gasteiger partial charge is 0.173 e. The predicted molar refractivity (Wildman–Crippen MR) is 58.8 cm³/mol. The van der Waals surface area contributed by atoms with E-state index >= 15 is 0 Å². The Kier molecular flexibility index (Phi) is 3.25. The van der Waals surface area contributed by atoms with Crippen molar-refractivity contribution in [2.75, 3.05) is 0 Å². The van der Waals surface area contributed by atoms with Crippen LogP contribution in [-0.4, -0.2) is 11.4 Å². The van der Waals surface area contributed by atoms with E-state index in [4.69, 9.17) is 0 Å². The zero-order chi connectivity index (χ0) is 14.2. The Morgan fingerprint density at radius 2 is 1.53 bits per heavy atom. The van der Waals surface area contributed by atoms with E-state index in [-0.39, 0.29) is 17.6 Å². The third-order valence-corrected chi connectivity index (χ3v) is 2.55. The van der Waals surface area contributed by atoms with Gasteiger partial charge in [-0.15, -0.1) is 0 Å². The van der Waals surface area contributed by atoms with Gasteiger partial charge in [0, 0.05) is 0 Å². The minimum Gasteiger partial charge on any atom is -0.508 e. The van der Waals surface area contributed by atoms with E-state index in [0.717, 1.165) is 6.07 Å². The second-order valence-corrected chi connectivity index (χ2v) is 3.71. The van der Waals surface area contributed by atoms with Crippen molar-refractivity contribution in [2.24, 2.45) is 0 Å². The molecule has 0 aliphatic rings. The molecule has 0 amide bonds. The van der Waals surface area contributed by atoms with Crippen molar-refractivity contribution in [1.82, 2.24) is 0 Å². The van der Waals surface area contributed by atoms with Gasteiger partial charge in [0.1, 0.15) is 5.75 Å². The summed E-state index contributed by atoms with van der Waals surface area (Å²) in [6.07, 6.45) is -0.303. The summed E-state index contributed by atoms with van der Waals surface area (Å²) in [5, 5.41) is 9.21. The molecular formula is C13H6F4O2. The van der Waals surface area contributed by atoms with E-state index in [1.165, 1.54) is 18.2 Å². The molecule has 2 rings (SSSR count). The number of hydrogen-bond acceptors (Lipinski definition) is 2. The minimum atomic E-state index is -1.77. The normalized spacial score (nSPS) is 10.5. The van der Waals surface area contributed by atoms with Crippen LogP contribution in [0.15, 0.2) is 24.3 Å². The molecule has 0 aromatic heterocycles. The summed E-state index contributed by atoms with van der Waals surface area (Å²) in [7, 11) is 0. The second-order valence-electron chi connectivity index (χ2n) is 3.71. The average molecular weight is 270 g/mol. The number of hydrogen-bond donors (Lipinski definition) is 1. The van der Waals surface area contributed by atoms with Crippen LogP contribution in [0.3, 0.4) is 0 Å². The third-order valence-electron chi connectivity index (χ3n) is 2.55. The van der Waals surface area contributed by atoms with Crippen LogP contribution in [-0.2, 0) is 0 Å². The van der Waals surface area contributed by atoms with Gasteiger partial charge in [0.25, 0.3) is 0 Å². The summed E-state index contributed by atoms with van der Waals surface area (Å²) in [4.78, 5) is 10.4. The molecule has 0 saturated heterocycles. The van der Waals surface area contributed by atoms with Crippen molar-refractivity contribution in [1.29, 1.82) is 0 Å². The molecule has 0 bridgehead atoms. The maximum atomic E-state index is 13.7. The van der Waals surface area contributed by atoms with Gasteiger partial charge >= 0.3 is 0 Å². The Hall–Kier alpha value is -2.37. The van der Waals surface area contributed by atoms with Crippen molar-refractivity contribution in [2.45, 2.75) is 0 Å². The van der Waals surface area contributed by atoms with Crippen molar-refractivity contribution < 1.29 is 27.5 Å². The lowest BCUT2D eigenvalue weighted by atomic mass is 10.0. The number of aromatic hydroxyl groups is 1. The Balaban J connectivity index is 2.82. The first-order chi connectivity index (χ1) is 8.97. The molecule has 0 saturated carbocycles. The lowest BCUT2D eigenvalue weighted by molar-refractivity contribution is 0.111. The van der Waals surface area contributed by atoms with Crippen LogP contribution in [0.4, 0.5) is 17.6 Å². The molecule has 0 aliphatic carbocycles. The zero-order valence-electron chi connectivity index (χ0n) is 9.25. The fraction of sp³-hybridized carbons (Fsp3) is 0. The van der Waals surface area contributed by atoms with Gasteiger partial charge in [-0.3, -0.25) is 4.79 Å². The molecule has 0 atom stereocenters. The van der Waals surface area contributed by atoms with Crippen molar-refractivity contribution >= 4 is 6.29 Å². The van der Waals surface area contributed by atoms with Crippen LogP contribution in [0.2, 0.25) is 0 Å². The molecule has 0 spiro atoms. The third kappa shape index (κ3) is 2.05. The lowest BCUT2D eigenvalue weighted by Crippen LogP contribution is -2.05. The number of aldehydes is 1. The minimum absolute atomic E-state index is 0.245. The Morgan fingerprint density at radius 1 is 0.947 bits per heavy atom. The summed E-state index contributed by atoms with van der Waals surface area (Å²) in [5.74, 6) is -7.24. The van der Waals surface area contributed by atoms with Crippen LogP contribution in [0.1, 0.15) is 10.4 Å². The standard InChI is InChI=1S/C13H6F4O2/c14-10-8(5-18)11(15)13(17)9(12(10)16)6-2-1-3-7(19)4-6/h1-5,19H. The van der Waals surface area contributed by atoms with Gasteiger partial charge in [-0.05, 0) is 17.7 Å². The van der Waals surface area contributed by atoms with E-state index in [9.17, 15) is 27.5 Å². The Labute approximate surface area is 104 Å². The highest BCUT2D eigenvalue weighted by Crippen LogP contribution is 2.32. The molecule has 2 nitrogen and oxygen atoms in total. The predicted octanol–water partition coefficient (Wildman–Crippen LogP) is 3.43. The maximum absolute atomic E-state index is 13.7. The van der Waals surface area contributed by atoms with Crippen LogP contribution in [0.5, 0.6) is 5.75 Å². The van der Waals surface area contributed by atoms with Gasteiger partial charge in [-0.2, -0.15) is 0 Å². The Morgan fingerprint density at radius 3 is 2.00 bits per heavy atom. The van der Waals surface area contributed by atoms with E-state index in [0.29, 0.717) is 0 Å². The largest absolute Gasteiger partial charge is 0.508 e. The van der Waals surface area contributed by atoms with Gasteiger partial charge in [0.2, 0.25) is 0 Å². The topological polar surface area (TPSA) is 37.3 Å². The fourth-order valence-electron chi connectivity index (χ4n) is 1.67. The van der Waals surface area contributed by atoms with E-state index in [2.05, 4.69) is 0 Å². The Bertz CT molecular complexity index is 639. The molecule has 2 aromatic carbocycles. The van der Waals surface area contributed by atoms with Gasteiger partial charge in [0.15, 0.2) is 29.6 Å². The molecule has 0 heterocycles. The van der Waals surface area contributed by atoms with E-state index in [1.807, 2.05) is 0 Å². The van der Waals surface area contributed by atoms with E-state index in [1.54, 1.807) is 0 Å². The zero-order valence-corrected chi connectivity index (χ0v) is 9.25. The summed E-state index contributed by atoms with van der Waals surface area (Å²) in [6.45, 7) is 0. The number of carbonyl (C=O) groups is 1. The first kappa shape index (κ1) is 13.1. The molecule has 1 N–H and O–H groups in total. The molecule has 2 aromatic rings. The molecule has 0 fully saturated rings. The highest BCUT2D eigenvalue weighted by atomic mass is 19.2. The monoisotopic (exact) mass is 270 g/mol. The summed E-state index contributed by atoms with van der Waals surface area (Å²) in [5.41, 5.74) is -2.53. The average Bonchev–Trinajstić information content (AvgIpc) is 2.38. The SMILES string of the molecule is O=Cc1c(F)c(F)c(-c2cccc(O)c2)c(F)c1F. The van der Waals surface area contributed by atoms with Crippen LogP contribution >= 0.6 is 0 Å². The fourth-order valence-corrected chi connectivity index (χ4v) is 1.67. The molecule has 19 heavy (non-hydrogen) atoms. The van der Waals surface area contributed by atoms with Gasteiger partial charge in [-0.1, -0.05) is 12.1 Å². The lowest BCUT2D eigenvalue weighted by Gasteiger charge is -2.09. The molecule has 6 heteroatoms. The number of halogens is 4. The van der Waals surface area contributed by atoms with Gasteiger partial charge in [0.05, 0.1) is 11.1 Å². The first-order valence-electron chi connectivity index (χ1n) is 5.08. The van der Waals surface area contributed by atoms with Crippen molar-refractivity contribution in [3.63, 3.8) is 0 Å². The quantitative estimate of drug-likeness (QED) is 0.515. The van der Waals surface area contributed by atoms with Crippen molar-refractivity contribution in [3.05, 3.63) is 53.1 Å². The summed E-state index contributed by atoms with van der Waals surface area (Å²) in [6, 6.07) is 4.60. The highest BCUT2D eigenvalue weighted by Gasteiger charge is 2.25.